The highest BCUT2D eigenvalue weighted by Gasteiger charge is 2.15. The molecule has 0 fully saturated rings. The van der Waals surface area contributed by atoms with Crippen LogP contribution in [-0.2, 0) is 12.3 Å². The van der Waals surface area contributed by atoms with E-state index in [0.717, 1.165) is 16.5 Å². The fourth-order valence-corrected chi connectivity index (χ4v) is 3.07. The third kappa shape index (κ3) is 3.40. The molecule has 7 heteroatoms. The fraction of sp³-hybridized carbons (Fsp3) is 0.357. The number of hydrogen-bond donors (Lipinski definition) is 1. The predicted molar refractivity (Wildman–Crippen MR) is 79.0 cm³/mol. The Hall–Kier alpha value is -1.91. The first kappa shape index (κ1) is 15.5. The van der Waals surface area contributed by atoms with Crippen molar-refractivity contribution in [2.45, 2.75) is 37.3 Å². The van der Waals surface area contributed by atoms with E-state index >= 15 is 0 Å². The minimum Gasteiger partial charge on any atom is -0.324 e. The van der Waals surface area contributed by atoms with Gasteiger partial charge in [0.1, 0.15) is 11.6 Å². The van der Waals surface area contributed by atoms with Crippen molar-refractivity contribution in [3.8, 4) is 6.07 Å². The number of nitrogens with zero attached hydrogens (tertiary/aromatic N) is 4. The number of rotatable bonds is 5. The molecular weight excluding hydrogens is 289 g/mol. The first-order chi connectivity index (χ1) is 10.1. The Balaban J connectivity index is 2.21. The van der Waals surface area contributed by atoms with E-state index in [2.05, 4.69) is 10.2 Å². The molecule has 0 radical (unpaired) electrons. The lowest BCUT2D eigenvalue weighted by Gasteiger charge is -2.12. The molecule has 0 unspecified atom stereocenters. The van der Waals surface area contributed by atoms with Crippen molar-refractivity contribution < 1.29 is 4.39 Å². The molecule has 0 spiro atoms. The van der Waals surface area contributed by atoms with Crippen LogP contribution in [0.5, 0.6) is 0 Å². The van der Waals surface area contributed by atoms with Gasteiger partial charge in [0.15, 0.2) is 5.16 Å². The molecule has 2 rings (SSSR count). The summed E-state index contributed by atoms with van der Waals surface area (Å²) in [6.07, 6.45) is 0. The predicted octanol–water partition coefficient (Wildman–Crippen LogP) is 2.62. The maximum Gasteiger partial charge on any atom is 0.191 e. The van der Waals surface area contributed by atoms with E-state index in [1.165, 1.54) is 23.9 Å². The average molecular weight is 305 g/mol. The van der Waals surface area contributed by atoms with Gasteiger partial charge in [0.05, 0.1) is 18.2 Å². The highest BCUT2D eigenvalue weighted by molar-refractivity contribution is 7.98. The van der Waals surface area contributed by atoms with Crippen LogP contribution in [0.15, 0.2) is 23.4 Å². The summed E-state index contributed by atoms with van der Waals surface area (Å²) < 4.78 is 15.1. The normalized spacial score (nSPS) is 10.9. The molecule has 0 bridgehead atoms. The molecule has 2 N–H and O–H groups in total. The summed E-state index contributed by atoms with van der Waals surface area (Å²) in [6.45, 7) is 4.39. The van der Waals surface area contributed by atoms with Crippen molar-refractivity contribution in [2.24, 2.45) is 5.73 Å². The van der Waals surface area contributed by atoms with Crippen molar-refractivity contribution in [1.82, 2.24) is 14.8 Å². The first-order valence-corrected chi connectivity index (χ1v) is 7.50. The summed E-state index contributed by atoms with van der Waals surface area (Å²) in [5, 5.41) is 18.0. The van der Waals surface area contributed by atoms with Gasteiger partial charge < -0.3 is 10.3 Å². The summed E-state index contributed by atoms with van der Waals surface area (Å²) in [6, 6.07) is 6.44. The SMILES string of the molecule is CC(C)n1c(CN)nnc1SCc1ccc(F)cc1C#N. The summed E-state index contributed by atoms with van der Waals surface area (Å²) in [5.41, 5.74) is 6.77. The summed E-state index contributed by atoms with van der Waals surface area (Å²) in [4.78, 5) is 0. The van der Waals surface area contributed by atoms with Gasteiger partial charge >= 0.3 is 0 Å². The van der Waals surface area contributed by atoms with E-state index in [9.17, 15) is 4.39 Å². The van der Waals surface area contributed by atoms with Crippen LogP contribution >= 0.6 is 11.8 Å². The molecule has 0 aliphatic carbocycles. The van der Waals surface area contributed by atoms with E-state index in [4.69, 9.17) is 11.0 Å². The maximum absolute atomic E-state index is 13.1. The Bertz CT molecular complexity index is 674. The summed E-state index contributed by atoms with van der Waals surface area (Å²) in [7, 11) is 0. The molecule has 0 aliphatic rings. The van der Waals surface area contributed by atoms with Crippen LogP contribution in [0.1, 0.15) is 36.8 Å². The minimum absolute atomic E-state index is 0.199. The van der Waals surface area contributed by atoms with Gasteiger partial charge in [-0.1, -0.05) is 17.8 Å². The third-order valence-corrected chi connectivity index (χ3v) is 3.98. The van der Waals surface area contributed by atoms with Crippen molar-refractivity contribution in [2.75, 3.05) is 0 Å². The topological polar surface area (TPSA) is 80.5 Å². The molecule has 0 amide bonds. The quantitative estimate of drug-likeness (QED) is 0.859. The van der Waals surface area contributed by atoms with Crippen LogP contribution < -0.4 is 5.73 Å². The molecule has 1 heterocycles. The van der Waals surface area contributed by atoms with Crippen molar-refractivity contribution in [3.63, 3.8) is 0 Å². The van der Waals surface area contributed by atoms with E-state index in [1.54, 1.807) is 6.07 Å². The average Bonchev–Trinajstić information content (AvgIpc) is 2.89. The van der Waals surface area contributed by atoms with E-state index < -0.39 is 5.82 Å². The molecule has 0 atom stereocenters. The lowest BCUT2D eigenvalue weighted by molar-refractivity contribution is 0.526. The second kappa shape index (κ2) is 6.70. The van der Waals surface area contributed by atoms with Crippen molar-refractivity contribution >= 4 is 11.8 Å². The zero-order chi connectivity index (χ0) is 15.4. The monoisotopic (exact) mass is 305 g/mol. The van der Waals surface area contributed by atoms with Crippen LogP contribution in [-0.4, -0.2) is 14.8 Å². The Morgan fingerprint density at radius 1 is 1.43 bits per heavy atom. The lowest BCUT2D eigenvalue weighted by Crippen LogP contribution is -2.11. The Morgan fingerprint density at radius 3 is 2.81 bits per heavy atom. The minimum atomic E-state index is -0.406. The number of hydrogen-bond acceptors (Lipinski definition) is 5. The van der Waals surface area contributed by atoms with Gasteiger partial charge in [0.2, 0.25) is 0 Å². The lowest BCUT2D eigenvalue weighted by atomic mass is 10.1. The molecule has 21 heavy (non-hydrogen) atoms. The molecule has 5 nitrogen and oxygen atoms in total. The zero-order valence-corrected chi connectivity index (χ0v) is 12.7. The number of thioether (sulfide) groups is 1. The van der Waals surface area contributed by atoms with E-state index in [0.29, 0.717) is 17.9 Å². The molecular formula is C14H16FN5S. The van der Waals surface area contributed by atoms with Crippen LogP contribution in [0.4, 0.5) is 4.39 Å². The molecule has 2 aromatic rings. The molecule has 110 valence electrons. The Kier molecular flexibility index (Phi) is 4.94. The van der Waals surface area contributed by atoms with Crippen molar-refractivity contribution in [3.05, 3.63) is 41.0 Å². The summed E-state index contributed by atoms with van der Waals surface area (Å²) >= 11 is 1.46. The fourth-order valence-electron chi connectivity index (χ4n) is 1.98. The number of benzene rings is 1. The molecule has 0 aliphatic heterocycles. The smallest absolute Gasteiger partial charge is 0.191 e. The standard InChI is InChI=1S/C14H16FN5S/c1-9(2)20-13(7-17)18-19-14(20)21-8-10-3-4-12(15)5-11(10)6-16/h3-5,9H,7-8,17H2,1-2H3. The van der Waals surface area contributed by atoms with Gasteiger partial charge in [0.25, 0.3) is 0 Å². The van der Waals surface area contributed by atoms with Crippen LogP contribution in [0.25, 0.3) is 0 Å². The van der Waals surface area contributed by atoms with Crippen LogP contribution in [0.2, 0.25) is 0 Å². The number of nitrogens with two attached hydrogens (primary N) is 1. The number of aromatic nitrogens is 3. The van der Waals surface area contributed by atoms with Gasteiger partial charge in [-0.25, -0.2) is 4.39 Å². The van der Waals surface area contributed by atoms with Crippen LogP contribution in [0.3, 0.4) is 0 Å². The second-order valence-electron chi connectivity index (χ2n) is 4.77. The summed E-state index contributed by atoms with van der Waals surface area (Å²) in [5.74, 6) is 0.849. The second-order valence-corrected chi connectivity index (χ2v) is 5.71. The van der Waals surface area contributed by atoms with Crippen molar-refractivity contribution in [1.29, 1.82) is 5.26 Å². The Morgan fingerprint density at radius 2 is 2.19 bits per heavy atom. The van der Waals surface area contributed by atoms with Gasteiger partial charge in [0, 0.05) is 11.8 Å². The Labute approximate surface area is 127 Å². The van der Waals surface area contributed by atoms with Gasteiger partial charge in [-0.3, -0.25) is 0 Å². The van der Waals surface area contributed by atoms with Gasteiger partial charge in [-0.2, -0.15) is 5.26 Å². The highest BCUT2D eigenvalue weighted by atomic mass is 32.2. The molecule has 0 saturated heterocycles. The largest absolute Gasteiger partial charge is 0.324 e. The maximum atomic E-state index is 13.1. The van der Waals surface area contributed by atoms with Crippen LogP contribution in [0, 0.1) is 17.1 Å². The van der Waals surface area contributed by atoms with E-state index in [-0.39, 0.29) is 6.04 Å². The molecule has 0 saturated carbocycles. The first-order valence-electron chi connectivity index (χ1n) is 6.52. The highest BCUT2D eigenvalue weighted by Crippen LogP contribution is 2.26. The molecule has 1 aromatic carbocycles. The van der Waals surface area contributed by atoms with Gasteiger partial charge in [-0.05, 0) is 31.5 Å². The third-order valence-electron chi connectivity index (χ3n) is 2.98. The van der Waals surface area contributed by atoms with Gasteiger partial charge in [-0.15, -0.1) is 10.2 Å². The van der Waals surface area contributed by atoms with E-state index in [1.807, 2.05) is 24.5 Å². The zero-order valence-electron chi connectivity index (χ0n) is 11.9. The number of nitriles is 1. The number of halogens is 1. The molecule has 1 aromatic heterocycles.